The Bertz CT molecular complexity index is 235. The van der Waals surface area contributed by atoms with Gasteiger partial charge in [-0.15, -0.1) is 0 Å². The molecule has 18 heavy (non-hydrogen) atoms. The van der Waals surface area contributed by atoms with Crippen LogP contribution in [0, 0.1) is 5.41 Å². The highest BCUT2D eigenvalue weighted by Gasteiger charge is 2.39. The molecule has 3 heteroatoms. The molecule has 2 fully saturated rings. The van der Waals surface area contributed by atoms with Gasteiger partial charge in [-0.05, 0) is 38.8 Å². The topological polar surface area (TPSA) is 24.5 Å². The van der Waals surface area contributed by atoms with Gasteiger partial charge in [0.15, 0.2) is 0 Å². The summed E-state index contributed by atoms with van der Waals surface area (Å²) >= 11 is 0. The molecule has 0 aromatic heterocycles. The van der Waals surface area contributed by atoms with Gasteiger partial charge in [0.05, 0.1) is 6.61 Å². The van der Waals surface area contributed by atoms with Gasteiger partial charge in [0.25, 0.3) is 0 Å². The summed E-state index contributed by atoms with van der Waals surface area (Å²) in [6.45, 7) is 11.1. The Balaban J connectivity index is 1.88. The first kappa shape index (κ1) is 14.3. The average molecular weight is 254 g/mol. The molecule has 0 aromatic rings. The smallest absolute Gasteiger partial charge is 0.0547 e. The van der Waals surface area contributed by atoms with Crippen molar-refractivity contribution < 1.29 is 4.74 Å². The molecule has 1 saturated carbocycles. The molecule has 1 atom stereocenters. The molecule has 0 bridgehead atoms. The summed E-state index contributed by atoms with van der Waals surface area (Å²) in [4.78, 5) is 2.75. The summed E-state index contributed by atoms with van der Waals surface area (Å²) in [5.74, 6) is 0. The second kappa shape index (κ2) is 6.88. The van der Waals surface area contributed by atoms with E-state index in [0.717, 1.165) is 32.3 Å². The van der Waals surface area contributed by atoms with Gasteiger partial charge < -0.3 is 10.1 Å². The maximum Gasteiger partial charge on any atom is 0.0547 e. The monoisotopic (exact) mass is 254 g/mol. The highest BCUT2D eigenvalue weighted by atomic mass is 16.5. The van der Waals surface area contributed by atoms with Crippen LogP contribution >= 0.6 is 0 Å². The maximum atomic E-state index is 5.70. The predicted molar refractivity (Wildman–Crippen MR) is 75.9 cm³/mol. The average Bonchev–Trinajstić information content (AvgIpc) is 3.13. The van der Waals surface area contributed by atoms with Gasteiger partial charge in [0.2, 0.25) is 0 Å². The van der Waals surface area contributed by atoms with E-state index in [1.165, 1.54) is 45.2 Å². The minimum atomic E-state index is 0.381. The van der Waals surface area contributed by atoms with Crippen molar-refractivity contribution in [1.29, 1.82) is 0 Å². The highest BCUT2D eigenvalue weighted by molar-refractivity contribution is 4.93. The van der Waals surface area contributed by atoms with Crippen molar-refractivity contribution in [2.45, 2.75) is 52.0 Å². The minimum Gasteiger partial charge on any atom is -0.381 e. The lowest BCUT2D eigenvalue weighted by Gasteiger charge is -2.34. The third-order valence-corrected chi connectivity index (χ3v) is 4.34. The molecule has 1 aliphatic carbocycles. The van der Waals surface area contributed by atoms with Crippen LogP contribution in [0.5, 0.6) is 0 Å². The zero-order chi connectivity index (χ0) is 12.8. The van der Waals surface area contributed by atoms with Gasteiger partial charge in [-0.25, -0.2) is 0 Å². The first-order valence-corrected chi connectivity index (χ1v) is 7.82. The maximum absolute atomic E-state index is 5.70. The quantitative estimate of drug-likeness (QED) is 0.683. The molecule has 0 radical (unpaired) electrons. The first-order chi connectivity index (χ1) is 8.79. The van der Waals surface area contributed by atoms with Crippen LogP contribution in [0.4, 0.5) is 0 Å². The summed E-state index contributed by atoms with van der Waals surface area (Å²) in [6.07, 6.45) is 6.72. The number of unbranched alkanes of at least 4 members (excludes halogenated alkanes) is 1. The number of rotatable bonds is 9. The normalized spacial score (nSPS) is 28.2. The molecule has 0 aromatic carbocycles. The Hall–Kier alpha value is -0.120. The van der Waals surface area contributed by atoms with Crippen molar-refractivity contribution in [2.24, 2.45) is 5.41 Å². The van der Waals surface area contributed by atoms with Gasteiger partial charge in [0, 0.05) is 31.2 Å². The van der Waals surface area contributed by atoms with E-state index in [2.05, 4.69) is 24.1 Å². The number of nitrogens with one attached hydrogen (secondary N) is 1. The fraction of sp³-hybridized carbons (Fsp3) is 1.00. The molecule has 2 rings (SSSR count). The van der Waals surface area contributed by atoms with Crippen molar-refractivity contribution >= 4 is 0 Å². The van der Waals surface area contributed by atoms with Crippen LogP contribution in [-0.2, 0) is 4.74 Å². The van der Waals surface area contributed by atoms with Crippen LogP contribution in [-0.4, -0.2) is 50.3 Å². The largest absolute Gasteiger partial charge is 0.381 e. The van der Waals surface area contributed by atoms with E-state index in [1.807, 2.05) is 0 Å². The Kier molecular flexibility index (Phi) is 5.46. The van der Waals surface area contributed by atoms with Crippen LogP contribution < -0.4 is 5.32 Å². The van der Waals surface area contributed by atoms with Crippen molar-refractivity contribution in [3.05, 3.63) is 0 Å². The van der Waals surface area contributed by atoms with Crippen LogP contribution in [0.3, 0.4) is 0 Å². The summed E-state index contributed by atoms with van der Waals surface area (Å²) in [5.41, 5.74) is 0.381. The second-order valence-corrected chi connectivity index (χ2v) is 6.14. The van der Waals surface area contributed by atoms with Crippen molar-refractivity contribution in [3.8, 4) is 0 Å². The van der Waals surface area contributed by atoms with E-state index < -0.39 is 0 Å². The van der Waals surface area contributed by atoms with E-state index in [9.17, 15) is 0 Å². The predicted octanol–water partition coefficient (Wildman–Crippen LogP) is 2.27. The molecule has 1 aliphatic heterocycles. The molecule has 1 unspecified atom stereocenters. The van der Waals surface area contributed by atoms with Gasteiger partial charge >= 0.3 is 0 Å². The summed E-state index contributed by atoms with van der Waals surface area (Å²) < 4.78 is 5.70. The highest BCUT2D eigenvalue weighted by Crippen LogP contribution is 2.34. The zero-order valence-corrected chi connectivity index (χ0v) is 12.2. The molecular weight excluding hydrogens is 224 g/mol. The fourth-order valence-electron chi connectivity index (χ4n) is 2.98. The molecule has 0 amide bonds. The molecule has 1 saturated heterocycles. The third kappa shape index (κ3) is 3.94. The van der Waals surface area contributed by atoms with Crippen LogP contribution in [0.25, 0.3) is 0 Å². The molecule has 0 spiro atoms. The summed E-state index contributed by atoms with van der Waals surface area (Å²) in [5, 5.41) is 3.55. The molecule has 106 valence electrons. The Morgan fingerprint density at radius 2 is 2.17 bits per heavy atom. The van der Waals surface area contributed by atoms with Crippen molar-refractivity contribution in [3.63, 3.8) is 0 Å². The van der Waals surface area contributed by atoms with Crippen molar-refractivity contribution in [2.75, 3.05) is 39.4 Å². The van der Waals surface area contributed by atoms with E-state index in [4.69, 9.17) is 4.74 Å². The Morgan fingerprint density at radius 1 is 1.33 bits per heavy atom. The van der Waals surface area contributed by atoms with E-state index in [0.29, 0.717) is 5.41 Å². The Labute approximate surface area is 112 Å². The second-order valence-electron chi connectivity index (χ2n) is 6.14. The molecule has 2 aliphatic rings. The lowest BCUT2D eigenvalue weighted by Crippen LogP contribution is -2.45. The number of ether oxygens (including phenoxy) is 1. The lowest BCUT2D eigenvalue weighted by molar-refractivity contribution is 0.104. The standard InChI is InChI=1S/C15H30N2O/c1-3-5-9-17(14-6-7-14)12-15(11-16-4-2)8-10-18-13-15/h14,16H,3-13H2,1-2H3. The summed E-state index contributed by atoms with van der Waals surface area (Å²) in [7, 11) is 0. The van der Waals surface area contributed by atoms with Gasteiger partial charge in [0.1, 0.15) is 0 Å². The molecular formula is C15H30N2O. The fourth-order valence-corrected chi connectivity index (χ4v) is 2.98. The molecule has 3 nitrogen and oxygen atoms in total. The van der Waals surface area contributed by atoms with E-state index in [-0.39, 0.29) is 0 Å². The van der Waals surface area contributed by atoms with Gasteiger partial charge in [-0.3, -0.25) is 4.90 Å². The van der Waals surface area contributed by atoms with Crippen LogP contribution in [0.15, 0.2) is 0 Å². The van der Waals surface area contributed by atoms with E-state index >= 15 is 0 Å². The van der Waals surface area contributed by atoms with Gasteiger partial charge in [-0.1, -0.05) is 20.3 Å². The number of hydrogen-bond acceptors (Lipinski definition) is 3. The SMILES string of the molecule is CCCCN(CC1(CNCC)CCOC1)C1CC1. The Morgan fingerprint density at radius 3 is 2.72 bits per heavy atom. The molecule has 1 N–H and O–H groups in total. The van der Waals surface area contributed by atoms with Gasteiger partial charge in [-0.2, -0.15) is 0 Å². The van der Waals surface area contributed by atoms with Crippen LogP contribution in [0.2, 0.25) is 0 Å². The van der Waals surface area contributed by atoms with E-state index in [1.54, 1.807) is 0 Å². The lowest BCUT2D eigenvalue weighted by atomic mass is 9.86. The minimum absolute atomic E-state index is 0.381. The first-order valence-electron chi connectivity index (χ1n) is 7.82. The third-order valence-electron chi connectivity index (χ3n) is 4.34. The number of hydrogen-bond donors (Lipinski definition) is 1. The van der Waals surface area contributed by atoms with Crippen molar-refractivity contribution in [1.82, 2.24) is 10.2 Å². The zero-order valence-electron chi connectivity index (χ0n) is 12.2. The molecule has 1 heterocycles. The van der Waals surface area contributed by atoms with Crippen LogP contribution in [0.1, 0.15) is 46.0 Å². The summed E-state index contributed by atoms with van der Waals surface area (Å²) in [6, 6.07) is 0.885. The number of nitrogens with zero attached hydrogens (tertiary/aromatic N) is 1.